The predicted octanol–water partition coefficient (Wildman–Crippen LogP) is 3.29. The number of fused-ring (bicyclic) bond motifs is 7. The second-order valence-corrected chi connectivity index (χ2v) is 23.5. The fourth-order valence-corrected chi connectivity index (χ4v) is 14.6. The van der Waals surface area contributed by atoms with Crippen LogP contribution < -0.4 is 0 Å². The average Bonchev–Trinajstić information content (AvgIpc) is 3.30. The van der Waals surface area contributed by atoms with Crippen molar-refractivity contribution in [3.63, 3.8) is 0 Å². The van der Waals surface area contributed by atoms with Gasteiger partial charge in [-0.1, -0.05) is 73.5 Å². The highest BCUT2D eigenvalue weighted by atomic mass is 16.7. The van der Waals surface area contributed by atoms with Gasteiger partial charge >= 0.3 is 23.9 Å². The standard InChI is InChI=1S/C51H80O19/c1-10-11-22-64-41(61)39-36(57)38(68-44(40(59)60)65-25-32(53)63-9)37(58)43(69-39)67-31-15-16-48(6)29(47(31,4)5)14-17-50(8)30(48)13-12-26-27-23-46(2,3)18-20-51(27,21-19-49(26,50)7)45(62)70-42-35(56)34(55)33(54)28(24-52)66-42/h12,27-31,33-39,42-44,52,54-58H,10-11,13-25H2,1-9H3,(H,59,60)/t27?,28-,29?,30?,31+,33-,34+,35-,36+,37-,38+,39+,42+,43-,44+,48+,49-,50-,51+/m1/s1. The highest BCUT2D eigenvalue weighted by Gasteiger charge is 2.70. The molecule has 0 spiro atoms. The Kier molecular flexibility index (Phi) is 16.1. The summed E-state index contributed by atoms with van der Waals surface area (Å²) >= 11 is 0. The summed E-state index contributed by atoms with van der Waals surface area (Å²) in [5.74, 6) is -3.83. The van der Waals surface area contributed by atoms with Gasteiger partial charge in [0.1, 0.15) is 49.3 Å². The van der Waals surface area contributed by atoms with E-state index in [0.717, 1.165) is 52.1 Å². The summed E-state index contributed by atoms with van der Waals surface area (Å²) in [7, 11) is 1.09. The number of methoxy groups -OCH3 is 1. The molecule has 2 aliphatic heterocycles. The summed E-state index contributed by atoms with van der Waals surface area (Å²) in [5, 5.41) is 74.7. The molecule has 19 heteroatoms. The fourth-order valence-electron chi connectivity index (χ4n) is 14.6. The number of aliphatic hydroxyl groups excluding tert-OH is 6. The van der Waals surface area contributed by atoms with E-state index in [0.29, 0.717) is 32.1 Å². The topological polar surface area (TPSA) is 284 Å². The minimum absolute atomic E-state index is 0.0326. The maximum absolute atomic E-state index is 14.7. The van der Waals surface area contributed by atoms with Gasteiger partial charge in [0, 0.05) is 0 Å². The lowest BCUT2D eigenvalue weighted by molar-refractivity contribution is -0.340. The van der Waals surface area contributed by atoms with Crippen LogP contribution in [0.15, 0.2) is 11.6 Å². The van der Waals surface area contributed by atoms with E-state index in [-0.39, 0.29) is 46.0 Å². The van der Waals surface area contributed by atoms with Crippen molar-refractivity contribution >= 4 is 23.9 Å². The van der Waals surface area contributed by atoms with E-state index >= 15 is 0 Å². The number of carbonyl (C=O) groups excluding carboxylic acids is 3. The van der Waals surface area contributed by atoms with Gasteiger partial charge in [-0.15, -0.1) is 0 Å². The summed E-state index contributed by atoms with van der Waals surface area (Å²) in [6, 6.07) is 0. The molecule has 0 bridgehead atoms. The maximum atomic E-state index is 14.7. The van der Waals surface area contributed by atoms with E-state index < -0.39 is 122 Å². The lowest BCUT2D eigenvalue weighted by Crippen LogP contribution is -2.66. The Morgan fingerprint density at radius 2 is 1.51 bits per heavy atom. The number of carbonyl (C=O) groups is 4. The van der Waals surface area contributed by atoms with Gasteiger partial charge in [0.2, 0.25) is 6.29 Å². The number of rotatable bonds is 15. The molecule has 0 aromatic rings. The summed E-state index contributed by atoms with van der Waals surface area (Å²) in [6.45, 7) is 16.4. The van der Waals surface area contributed by atoms with E-state index in [4.69, 9.17) is 33.2 Å². The number of ether oxygens (including phenoxy) is 8. The van der Waals surface area contributed by atoms with Gasteiger partial charge in [-0.25, -0.2) is 14.4 Å². The Labute approximate surface area is 410 Å². The first kappa shape index (κ1) is 54.9. The molecule has 0 aromatic carbocycles. The van der Waals surface area contributed by atoms with E-state index in [9.17, 15) is 54.9 Å². The molecule has 398 valence electrons. The molecular formula is C51H80O19. The highest BCUT2D eigenvalue weighted by Crippen LogP contribution is 2.76. The molecule has 2 heterocycles. The number of esters is 3. The number of allylic oxidation sites excluding steroid dienone is 2. The molecule has 0 amide bonds. The molecule has 0 aromatic heterocycles. The van der Waals surface area contributed by atoms with Crippen molar-refractivity contribution < 1.29 is 92.8 Å². The van der Waals surface area contributed by atoms with E-state index in [1.54, 1.807) is 0 Å². The van der Waals surface area contributed by atoms with Crippen LogP contribution in [0.5, 0.6) is 0 Å². The van der Waals surface area contributed by atoms with Crippen LogP contribution in [0, 0.1) is 50.2 Å². The van der Waals surface area contributed by atoms with Crippen molar-refractivity contribution in [2.24, 2.45) is 50.2 Å². The Morgan fingerprint density at radius 1 is 0.814 bits per heavy atom. The predicted molar refractivity (Wildman–Crippen MR) is 245 cm³/mol. The number of aliphatic carboxylic acids is 1. The molecule has 7 aliphatic rings. The van der Waals surface area contributed by atoms with E-state index in [1.807, 2.05) is 6.92 Å². The molecule has 2 saturated heterocycles. The molecule has 19 atom stereocenters. The van der Waals surface area contributed by atoms with Crippen LogP contribution in [0.1, 0.15) is 132 Å². The van der Waals surface area contributed by atoms with Crippen molar-refractivity contribution in [3.05, 3.63) is 11.6 Å². The minimum Gasteiger partial charge on any atom is -0.477 e. The number of carboxylic acid groups (broad SMARTS) is 1. The quantitative estimate of drug-likeness (QED) is 0.0309. The third-order valence-corrected chi connectivity index (χ3v) is 18.9. The van der Waals surface area contributed by atoms with Crippen molar-refractivity contribution in [3.8, 4) is 0 Å². The lowest BCUT2D eigenvalue weighted by atomic mass is 9.33. The van der Waals surface area contributed by atoms with Crippen LogP contribution in [-0.2, 0) is 57.1 Å². The number of unbranched alkanes of at least 4 members (excludes halogenated alkanes) is 1. The van der Waals surface area contributed by atoms with Crippen LogP contribution in [0.3, 0.4) is 0 Å². The van der Waals surface area contributed by atoms with Crippen LogP contribution in [-0.4, -0.2) is 160 Å². The molecule has 70 heavy (non-hydrogen) atoms. The second-order valence-electron chi connectivity index (χ2n) is 23.5. The van der Waals surface area contributed by atoms with E-state index in [2.05, 4.69) is 59.3 Å². The van der Waals surface area contributed by atoms with Gasteiger partial charge in [0.05, 0.1) is 31.8 Å². The molecule has 4 saturated carbocycles. The van der Waals surface area contributed by atoms with Gasteiger partial charge in [-0.2, -0.15) is 0 Å². The van der Waals surface area contributed by atoms with Gasteiger partial charge in [-0.3, -0.25) is 4.79 Å². The zero-order chi connectivity index (χ0) is 51.5. The maximum Gasteiger partial charge on any atom is 0.361 e. The number of hydrogen-bond donors (Lipinski definition) is 7. The SMILES string of the molecule is CCCCOC(=O)[C@H]1O[C@@H](O[C@H]2CC[C@@]3(C)C(CC[C@]4(C)C3CC=C3C5CC(C)(C)CC[C@]5(C(=O)O[C@@H]5O[C@H](CO)[C@@H](O)[C@H](O)[C@H]5O)CC[C@]34C)C2(C)C)[C@H](O)[C@@H](O[C@H](OCC(=O)OC)C(=O)O)[C@@H]1O. The minimum atomic E-state index is -2.14. The number of hydrogen-bond acceptors (Lipinski definition) is 18. The largest absolute Gasteiger partial charge is 0.477 e. The molecule has 3 unspecified atom stereocenters. The van der Waals surface area contributed by atoms with Crippen LogP contribution in [0.25, 0.3) is 0 Å². The summed E-state index contributed by atoms with van der Waals surface area (Å²) in [5.41, 5.74) is -0.948. The first-order valence-electron chi connectivity index (χ1n) is 25.4. The first-order chi connectivity index (χ1) is 32.8. The molecule has 19 nitrogen and oxygen atoms in total. The zero-order valence-electron chi connectivity index (χ0n) is 42.4. The molecular weight excluding hydrogens is 917 g/mol. The normalized spacial score (nSPS) is 44.5. The third kappa shape index (κ3) is 9.49. The van der Waals surface area contributed by atoms with Crippen molar-refractivity contribution in [2.45, 2.75) is 206 Å². The molecule has 7 N–H and O–H groups in total. The first-order valence-corrected chi connectivity index (χ1v) is 25.4. The smallest absolute Gasteiger partial charge is 0.361 e. The Hall–Kier alpha value is -2.82. The van der Waals surface area contributed by atoms with E-state index in [1.165, 1.54) is 5.57 Å². The summed E-state index contributed by atoms with van der Waals surface area (Å²) < 4.78 is 45.1. The Balaban J connectivity index is 1.13. The summed E-state index contributed by atoms with van der Waals surface area (Å²) in [6.07, 6.45) is -8.42. The Morgan fingerprint density at radius 3 is 2.17 bits per heavy atom. The lowest BCUT2D eigenvalue weighted by Gasteiger charge is -2.71. The van der Waals surface area contributed by atoms with Gasteiger partial charge < -0.3 is 73.6 Å². The number of aliphatic hydroxyl groups is 6. The Bertz CT molecular complexity index is 1950. The monoisotopic (exact) mass is 997 g/mol. The van der Waals surface area contributed by atoms with Crippen molar-refractivity contribution in [1.82, 2.24) is 0 Å². The zero-order valence-corrected chi connectivity index (χ0v) is 42.4. The van der Waals surface area contributed by atoms with Crippen LogP contribution >= 0.6 is 0 Å². The molecule has 7 rings (SSSR count). The third-order valence-electron chi connectivity index (χ3n) is 18.9. The van der Waals surface area contributed by atoms with Gasteiger partial charge in [0.15, 0.2) is 12.4 Å². The molecule has 5 aliphatic carbocycles. The van der Waals surface area contributed by atoms with Crippen molar-refractivity contribution in [1.29, 1.82) is 0 Å². The van der Waals surface area contributed by atoms with Crippen LogP contribution in [0.4, 0.5) is 0 Å². The second kappa shape index (κ2) is 20.5. The van der Waals surface area contributed by atoms with Crippen molar-refractivity contribution in [2.75, 3.05) is 26.9 Å². The number of carboxylic acids is 1. The molecule has 6 fully saturated rings. The summed E-state index contributed by atoms with van der Waals surface area (Å²) in [4.78, 5) is 52.2. The van der Waals surface area contributed by atoms with Gasteiger partial charge in [0.25, 0.3) is 6.29 Å². The fraction of sp³-hybridized carbons (Fsp3) is 0.882. The van der Waals surface area contributed by atoms with Crippen LogP contribution in [0.2, 0.25) is 0 Å². The highest BCUT2D eigenvalue weighted by molar-refractivity contribution is 5.79. The van der Waals surface area contributed by atoms with Gasteiger partial charge in [-0.05, 0) is 115 Å². The average molecular weight is 997 g/mol. The molecule has 0 radical (unpaired) electrons.